The second-order valence-corrected chi connectivity index (χ2v) is 10.8. The number of anilines is 1. The van der Waals surface area contributed by atoms with Gasteiger partial charge in [-0.2, -0.15) is 0 Å². The van der Waals surface area contributed by atoms with Crippen molar-refractivity contribution in [3.63, 3.8) is 0 Å². The zero-order valence-electron chi connectivity index (χ0n) is 21.8. The minimum atomic E-state index is -4.84. The molecule has 3 fully saturated rings. The van der Waals surface area contributed by atoms with E-state index in [1.54, 1.807) is 12.1 Å². The second kappa shape index (κ2) is 9.75. The topological polar surface area (TPSA) is 115 Å². The lowest BCUT2D eigenvalue weighted by Crippen LogP contribution is -2.46. The van der Waals surface area contributed by atoms with Gasteiger partial charge in [0.25, 0.3) is 0 Å². The zero-order valence-corrected chi connectivity index (χ0v) is 21.8. The van der Waals surface area contributed by atoms with E-state index >= 15 is 0 Å². The van der Waals surface area contributed by atoms with Gasteiger partial charge < -0.3 is 24.0 Å². The minimum Gasteiger partial charge on any atom is -0.476 e. The molecular weight excluding hydrogens is 543 g/mol. The smallest absolute Gasteiger partial charge is 0.476 e. The number of piperidine rings is 1. The summed E-state index contributed by atoms with van der Waals surface area (Å²) in [6, 6.07) is 9.87. The van der Waals surface area contributed by atoms with Crippen molar-refractivity contribution in [3.05, 3.63) is 59.6 Å². The number of carboxylic acids is 1. The molecule has 0 radical (unpaired) electrons. The molecule has 3 aliphatic rings. The predicted octanol–water partition coefficient (Wildman–Crippen LogP) is 5.58. The lowest BCUT2D eigenvalue weighted by molar-refractivity contribution is -0.274. The molecule has 0 amide bonds. The Bertz CT molecular complexity index is 1600. The van der Waals surface area contributed by atoms with Gasteiger partial charge in [0, 0.05) is 29.1 Å². The van der Waals surface area contributed by atoms with Gasteiger partial charge in [0.15, 0.2) is 11.3 Å². The number of benzene rings is 1. The van der Waals surface area contributed by atoms with E-state index in [4.69, 9.17) is 9.26 Å². The van der Waals surface area contributed by atoms with E-state index in [9.17, 15) is 23.1 Å². The molecule has 1 aromatic carbocycles. The Kier molecular flexibility index (Phi) is 6.14. The lowest BCUT2D eigenvalue weighted by Gasteiger charge is -2.39. The Morgan fingerprint density at radius 2 is 1.83 bits per heavy atom. The molecule has 2 saturated heterocycles. The Hall–Kier alpha value is -4.13. The van der Waals surface area contributed by atoms with Crippen LogP contribution in [-0.2, 0) is 11.3 Å². The number of ether oxygens (including phenoxy) is 2. The number of aromatic nitrogens is 4. The van der Waals surface area contributed by atoms with Gasteiger partial charge in [0.1, 0.15) is 23.0 Å². The number of carbonyl (C=O) groups is 1. The summed E-state index contributed by atoms with van der Waals surface area (Å²) in [5.41, 5.74) is 1.64. The Balaban J connectivity index is 1.10. The van der Waals surface area contributed by atoms with Crippen molar-refractivity contribution in [1.82, 2.24) is 19.8 Å². The summed E-state index contributed by atoms with van der Waals surface area (Å²) in [5.74, 6) is 0.112. The largest absolute Gasteiger partial charge is 0.573 e. The number of para-hydroxylation sites is 1. The van der Waals surface area contributed by atoms with Gasteiger partial charge in [-0.25, -0.2) is 14.3 Å². The maximum atomic E-state index is 13.1. The van der Waals surface area contributed by atoms with Gasteiger partial charge in [-0.05, 0) is 62.8 Å². The highest BCUT2D eigenvalue weighted by Gasteiger charge is 2.43. The van der Waals surface area contributed by atoms with E-state index in [0.29, 0.717) is 28.5 Å². The monoisotopic (exact) mass is 569 g/mol. The normalized spacial score (nSPS) is 22.4. The molecule has 41 heavy (non-hydrogen) atoms. The number of aromatic carboxylic acids is 1. The number of nitrogens with zero attached hydrogens (tertiary/aromatic N) is 5. The van der Waals surface area contributed by atoms with Crippen LogP contribution in [0.5, 0.6) is 5.75 Å². The van der Waals surface area contributed by atoms with Crippen LogP contribution in [0.1, 0.15) is 66.3 Å². The highest BCUT2D eigenvalue weighted by Crippen LogP contribution is 2.46. The summed E-state index contributed by atoms with van der Waals surface area (Å²) in [4.78, 5) is 17.9. The number of hydrogen-bond acceptors (Lipinski definition) is 8. The number of halogens is 3. The first-order valence-corrected chi connectivity index (χ1v) is 13.6. The van der Waals surface area contributed by atoms with Crippen LogP contribution in [0, 0.1) is 0 Å². The first-order valence-electron chi connectivity index (χ1n) is 13.6. The van der Waals surface area contributed by atoms with E-state index in [0.717, 1.165) is 38.5 Å². The maximum Gasteiger partial charge on any atom is 0.573 e. The van der Waals surface area contributed by atoms with Crippen molar-refractivity contribution in [2.75, 3.05) is 4.90 Å². The van der Waals surface area contributed by atoms with Crippen molar-refractivity contribution in [2.24, 2.45) is 0 Å². The van der Waals surface area contributed by atoms with E-state index < -0.39 is 12.3 Å². The lowest BCUT2D eigenvalue weighted by atomic mass is 9.99. The number of carboxylic acid groups (broad SMARTS) is 1. The van der Waals surface area contributed by atoms with Crippen molar-refractivity contribution in [3.8, 4) is 17.0 Å². The molecule has 214 valence electrons. The first kappa shape index (κ1) is 25.8. The quantitative estimate of drug-likeness (QED) is 0.291. The summed E-state index contributed by atoms with van der Waals surface area (Å²) in [5, 5.41) is 18.2. The van der Waals surface area contributed by atoms with Crippen molar-refractivity contribution >= 4 is 17.4 Å². The first-order chi connectivity index (χ1) is 19.7. The molecule has 13 heteroatoms. The number of alkyl halides is 3. The van der Waals surface area contributed by atoms with Crippen molar-refractivity contribution in [1.29, 1.82) is 0 Å². The van der Waals surface area contributed by atoms with E-state index in [1.807, 2.05) is 6.07 Å². The molecule has 4 aromatic rings. The number of hydrogen-bond donors (Lipinski definition) is 1. The molecule has 2 unspecified atom stereocenters. The molecule has 7 rings (SSSR count). The SMILES string of the molecule is O=C(O)c1cnc2ccc(N3C4CCC3CC(OCc3c(-c5ccccc5OC(F)(F)F)noc3C3CC3)C4)nn12. The summed E-state index contributed by atoms with van der Waals surface area (Å²) in [7, 11) is 0. The fourth-order valence-corrected chi connectivity index (χ4v) is 6.20. The van der Waals surface area contributed by atoms with Crippen molar-refractivity contribution < 1.29 is 37.1 Å². The number of imidazole rings is 1. The van der Waals surface area contributed by atoms with E-state index in [2.05, 4.69) is 24.9 Å². The average Bonchev–Trinajstić information content (AvgIpc) is 3.44. The van der Waals surface area contributed by atoms with Crippen LogP contribution in [0.2, 0.25) is 0 Å². The van der Waals surface area contributed by atoms with Crippen LogP contribution in [-0.4, -0.2) is 55.4 Å². The highest BCUT2D eigenvalue weighted by atomic mass is 19.4. The van der Waals surface area contributed by atoms with E-state index in [1.165, 1.54) is 28.9 Å². The Labute approximate surface area is 231 Å². The van der Waals surface area contributed by atoms with Gasteiger partial charge in [-0.1, -0.05) is 17.3 Å². The Morgan fingerprint density at radius 3 is 2.54 bits per heavy atom. The summed E-state index contributed by atoms with van der Waals surface area (Å²) in [6.07, 6.45) is 1.62. The van der Waals surface area contributed by atoms with Gasteiger partial charge in [-0.15, -0.1) is 18.3 Å². The van der Waals surface area contributed by atoms with Gasteiger partial charge >= 0.3 is 12.3 Å². The minimum absolute atomic E-state index is 0.00520. The molecule has 0 spiro atoms. The van der Waals surface area contributed by atoms with Crippen LogP contribution in [0.4, 0.5) is 19.0 Å². The molecule has 1 aliphatic carbocycles. The van der Waals surface area contributed by atoms with Crippen LogP contribution in [0.15, 0.2) is 47.1 Å². The third-order valence-electron chi connectivity index (χ3n) is 8.12. The third kappa shape index (κ3) is 4.88. The second-order valence-electron chi connectivity index (χ2n) is 10.8. The number of fused-ring (bicyclic) bond motifs is 3. The summed E-state index contributed by atoms with van der Waals surface area (Å²) >= 11 is 0. The van der Waals surface area contributed by atoms with Crippen LogP contribution in [0.25, 0.3) is 16.9 Å². The average molecular weight is 570 g/mol. The molecular formula is C28H26F3N5O5. The summed E-state index contributed by atoms with van der Waals surface area (Å²) < 4.78 is 57.0. The van der Waals surface area contributed by atoms with Gasteiger partial charge in [-0.3, -0.25) is 0 Å². The van der Waals surface area contributed by atoms with Crippen LogP contribution in [0.3, 0.4) is 0 Å². The molecule has 2 bridgehead atoms. The number of rotatable bonds is 8. The van der Waals surface area contributed by atoms with E-state index in [-0.39, 0.29) is 47.7 Å². The van der Waals surface area contributed by atoms with Gasteiger partial charge in [0.05, 0.1) is 18.9 Å². The van der Waals surface area contributed by atoms with Crippen molar-refractivity contribution in [2.45, 2.75) is 75.6 Å². The third-order valence-corrected chi connectivity index (χ3v) is 8.12. The standard InChI is InChI=1S/C28H26F3N5O5/c29-28(30,31)40-22-4-2-1-3-19(22)25-20(26(41-34-25)15-5-6-15)14-39-18-11-16-7-8-17(12-18)35(16)24-10-9-23-32-13-21(27(37)38)36(23)33-24/h1-4,9-10,13,15-18H,5-8,11-12,14H2,(H,37,38). The van der Waals surface area contributed by atoms with Crippen LogP contribution < -0.4 is 9.64 Å². The maximum absolute atomic E-state index is 13.1. The molecule has 1 saturated carbocycles. The van der Waals surface area contributed by atoms with Crippen LogP contribution >= 0.6 is 0 Å². The summed E-state index contributed by atoms with van der Waals surface area (Å²) in [6.45, 7) is 0.163. The highest BCUT2D eigenvalue weighted by molar-refractivity contribution is 5.86. The Morgan fingerprint density at radius 1 is 1.07 bits per heavy atom. The molecule has 10 nitrogen and oxygen atoms in total. The predicted molar refractivity (Wildman–Crippen MR) is 138 cm³/mol. The molecule has 1 N–H and O–H groups in total. The fraction of sp³-hybridized carbons (Fsp3) is 0.429. The fourth-order valence-electron chi connectivity index (χ4n) is 6.20. The van der Waals surface area contributed by atoms with Gasteiger partial charge in [0.2, 0.25) is 0 Å². The molecule has 2 atom stereocenters. The zero-order chi connectivity index (χ0) is 28.3. The molecule has 3 aromatic heterocycles. The molecule has 5 heterocycles. The molecule has 2 aliphatic heterocycles.